The second kappa shape index (κ2) is 4.77. The van der Waals surface area contributed by atoms with Crippen LogP contribution in [0.15, 0.2) is 51.5 Å². The third kappa shape index (κ3) is 2.79. The van der Waals surface area contributed by atoms with Crippen molar-refractivity contribution in [2.75, 3.05) is 5.32 Å². The molecular weight excluding hydrogens is 320 g/mol. The number of aromatic nitrogens is 1. The van der Waals surface area contributed by atoms with Crippen molar-refractivity contribution < 1.29 is 0 Å². The molecule has 1 aromatic heterocycles. The van der Waals surface area contributed by atoms with Crippen LogP contribution in [0.1, 0.15) is 0 Å². The van der Waals surface area contributed by atoms with Crippen LogP contribution in [0.25, 0.3) is 0 Å². The first-order valence-corrected chi connectivity index (χ1v) is 5.97. The molecule has 0 radical (unpaired) electrons. The van der Waals surface area contributed by atoms with E-state index in [0.717, 1.165) is 20.5 Å². The molecule has 2 aromatic rings. The summed E-state index contributed by atoms with van der Waals surface area (Å²) in [4.78, 5) is 4.24. The molecule has 0 aliphatic carbocycles. The lowest BCUT2D eigenvalue weighted by atomic mass is 10.3. The molecule has 4 heteroatoms. The van der Waals surface area contributed by atoms with Crippen LogP contribution in [0.4, 0.5) is 11.5 Å². The molecule has 0 spiro atoms. The van der Waals surface area contributed by atoms with Crippen LogP contribution in [-0.2, 0) is 0 Å². The van der Waals surface area contributed by atoms with Gasteiger partial charge in [-0.25, -0.2) is 4.98 Å². The fourth-order valence-electron chi connectivity index (χ4n) is 1.15. The smallest absolute Gasteiger partial charge is 0.130 e. The lowest BCUT2D eigenvalue weighted by Gasteiger charge is -2.06. The molecule has 1 heterocycles. The number of nitrogens with zero attached hydrogens (tertiary/aromatic N) is 1. The molecular formula is C11H8Br2N2. The van der Waals surface area contributed by atoms with Gasteiger partial charge in [-0.05, 0) is 56.1 Å². The number of para-hydroxylation sites is 1. The minimum atomic E-state index is 0.824. The lowest BCUT2D eigenvalue weighted by molar-refractivity contribution is 1.29. The Morgan fingerprint density at radius 1 is 1.00 bits per heavy atom. The Morgan fingerprint density at radius 3 is 2.47 bits per heavy atom. The van der Waals surface area contributed by atoms with E-state index in [1.54, 1.807) is 6.20 Å². The van der Waals surface area contributed by atoms with Crippen LogP contribution >= 0.6 is 31.9 Å². The zero-order valence-corrected chi connectivity index (χ0v) is 10.9. The summed E-state index contributed by atoms with van der Waals surface area (Å²) in [6, 6.07) is 11.8. The summed E-state index contributed by atoms with van der Waals surface area (Å²) in [6.45, 7) is 0. The van der Waals surface area contributed by atoms with Crippen LogP contribution < -0.4 is 5.32 Å². The molecule has 76 valence electrons. The molecule has 0 saturated carbocycles. The van der Waals surface area contributed by atoms with Gasteiger partial charge in [0.2, 0.25) is 0 Å². The summed E-state index contributed by atoms with van der Waals surface area (Å²) in [5.41, 5.74) is 1.01. The first-order chi connectivity index (χ1) is 7.25. The predicted molar refractivity (Wildman–Crippen MR) is 69.4 cm³/mol. The van der Waals surface area contributed by atoms with Gasteiger partial charge in [0.05, 0.1) is 5.69 Å². The molecule has 0 aliphatic heterocycles. The van der Waals surface area contributed by atoms with E-state index in [1.807, 2.05) is 36.4 Å². The van der Waals surface area contributed by atoms with Crippen molar-refractivity contribution in [1.29, 1.82) is 0 Å². The maximum atomic E-state index is 4.24. The summed E-state index contributed by atoms with van der Waals surface area (Å²) in [5, 5.41) is 3.22. The van der Waals surface area contributed by atoms with E-state index < -0.39 is 0 Å². The van der Waals surface area contributed by atoms with Gasteiger partial charge in [-0.15, -0.1) is 0 Å². The van der Waals surface area contributed by atoms with Gasteiger partial charge in [0.15, 0.2) is 0 Å². The van der Waals surface area contributed by atoms with Crippen molar-refractivity contribution >= 4 is 43.4 Å². The fraction of sp³-hybridized carbons (Fsp3) is 0. The third-order valence-corrected chi connectivity index (χ3v) is 3.02. The Labute approximate surface area is 105 Å². The number of hydrogen-bond acceptors (Lipinski definition) is 2. The van der Waals surface area contributed by atoms with Gasteiger partial charge < -0.3 is 5.32 Å². The number of benzene rings is 1. The number of rotatable bonds is 2. The van der Waals surface area contributed by atoms with Crippen LogP contribution in [-0.4, -0.2) is 4.98 Å². The second-order valence-electron chi connectivity index (χ2n) is 2.97. The molecule has 1 aromatic carbocycles. The van der Waals surface area contributed by atoms with Crippen LogP contribution in [0.2, 0.25) is 0 Å². The predicted octanol–water partition coefficient (Wildman–Crippen LogP) is 4.35. The molecule has 0 atom stereocenters. The van der Waals surface area contributed by atoms with Crippen molar-refractivity contribution in [3.05, 3.63) is 51.5 Å². The largest absolute Gasteiger partial charge is 0.339 e. The Balaban J connectivity index is 2.22. The summed E-state index contributed by atoms with van der Waals surface area (Å²) in [5.74, 6) is 0.824. The van der Waals surface area contributed by atoms with Gasteiger partial charge in [0.25, 0.3) is 0 Å². The van der Waals surface area contributed by atoms with Gasteiger partial charge in [-0.3, -0.25) is 0 Å². The van der Waals surface area contributed by atoms with Crippen LogP contribution in [0, 0.1) is 0 Å². The number of halogens is 2. The highest BCUT2D eigenvalue weighted by Crippen LogP contribution is 2.24. The first kappa shape index (κ1) is 10.6. The topological polar surface area (TPSA) is 24.9 Å². The number of pyridine rings is 1. The first-order valence-electron chi connectivity index (χ1n) is 4.39. The van der Waals surface area contributed by atoms with E-state index >= 15 is 0 Å². The summed E-state index contributed by atoms with van der Waals surface area (Å²) in [6.07, 6.45) is 1.76. The van der Waals surface area contributed by atoms with Crippen LogP contribution in [0.3, 0.4) is 0 Å². The fourth-order valence-corrected chi connectivity index (χ4v) is 1.77. The highest BCUT2D eigenvalue weighted by atomic mass is 79.9. The van der Waals surface area contributed by atoms with Gasteiger partial charge in [-0.1, -0.05) is 12.1 Å². The molecule has 0 amide bonds. The van der Waals surface area contributed by atoms with Gasteiger partial charge in [0.1, 0.15) is 5.82 Å². The van der Waals surface area contributed by atoms with Crippen molar-refractivity contribution in [2.24, 2.45) is 0 Å². The highest BCUT2D eigenvalue weighted by Gasteiger charge is 1.99. The number of hydrogen-bond donors (Lipinski definition) is 1. The molecule has 0 saturated heterocycles. The Morgan fingerprint density at radius 2 is 1.80 bits per heavy atom. The SMILES string of the molecule is Brc1ccc(Nc2ccccc2Br)nc1. The highest BCUT2D eigenvalue weighted by molar-refractivity contribution is 9.10. The minimum Gasteiger partial charge on any atom is -0.339 e. The Hall–Kier alpha value is -0.870. The van der Waals surface area contributed by atoms with Crippen molar-refractivity contribution in [2.45, 2.75) is 0 Å². The minimum absolute atomic E-state index is 0.824. The zero-order chi connectivity index (χ0) is 10.7. The number of nitrogens with one attached hydrogen (secondary N) is 1. The molecule has 0 unspecified atom stereocenters. The summed E-state index contributed by atoms with van der Waals surface area (Å²) >= 11 is 6.81. The average molecular weight is 328 g/mol. The van der Waals surface area contributed by atoms with E-state index in [0.29, 0.717) is 0 Å². The van der Waals surface area contributed by atoms with E-state index in [2.05, 4.69) is 42.2 Å². The summed E-state index contributed by atoms with van der Waals surface area (Å²) < 4.78 is 2.00. The monoisotopic (exact) mass is 326 g/mol. The van der Waals surface area contributed by atoms with Crippen molar-refractivity contribution in [1.82, 2.24) is 4.98 Å². The van der Waals surface area contributed by atoms with E-state index in [4.69, 9.17) is 0 Å². The van der Waals surface area contributed by atoms with Crippen molar-refractivity contribution in [3.8, 4) is 0 Å². The molecule has 15 heavy (non-hydrogen) atoms. The van der Waals surface area contributed by atoms with Crippen LogP contribution in [0.5, 0.6) is 0 Å². The van der Waals surface area contributed by atoms with E-state index in [9.17, 15) is 0 Å². The molecule has 2 nitrogen and oxygen atoms in total. The number of anilines is 2. The van der Waals surface area contributed by atoms with Gasteiger partial charge in [-0.2, -0.15) is 0 Å². The maximum absolute atomic E-state index is 4.24. The normalized spacial score (nSPS) is 10.0. The Kier molecular flexibility index (Phi) is 3.38. The molecule has 0 fully saturated rings. The second-order valence-corrected chi connectivity index (χ2v) is 4.74. The van der Waals surface area contributed by atoms with E-state index in [1.165, 1.54) is 0 Å². The zero-order valence-electron chi connectivity index (χ0n) is 7.74. The maximum Gasteiger partial charge on any atom is 0.130 e. The van der Waals surface area contributed by atoms with Crippen molar-refractivity contribution in [3.63, 3.8) is 0 Å². The third-order valence-electron chi connectivity index (χ3n) is 1.86. The lowest BCUT2D eigenvalue weighted by Crippen LogP contribution is -1.93. The molecule has 0 bridgehead atoms. The quantitative estimate of drug-likeness (QED) is 0.887. The van der Waals surface area contributed by atoms with E-state index in [-0.39, 0.29) is 0 Å². The molecule has 2 rings (SSSR count). The molecule has 1 N–H and O–H groups in total. The standard InChI is InChI=1S/C11H8Br2N2/c12-8-5-6-11(14-7-8)15-10-4-2-1-3-9(10)13/h1-7H,(H,14,15). The summed E-state index contributed by atoms with van der Waals surface area (Å²) in [7, 11) is 0. The van der Waals surface area contributed by atoms with Gasteiger partial charge in [0, 0.05) is 15.1 Å². The molecule has 0 aliphatic rings. The van der Waals surface area contributed by atoms with Gasteiger partial charge >= 0.3 is 0 Å². The average Bonchev–Trinajstić information content (AvgIpc) is 2.25. The Bertz CT molecular complexity index is 454.